The van der Waals surface area contributed by atoms with Crippen molar-refractivity contribution < 1.29 is 19.0 Å². The molecule has 1 unspecified atom stereocenters. The van der Waals surface area contributed by atoms with E-state index in [4.69, 9.17) is 14.2 Å². The van der Waals surface area contributed by atoms with Crippen LogP contribution >= 0.6 is 0 Å². The van der Waals surface area contributed by atoms with Crippen molar-refractivity contribution in [2.45, 2.75) is 31.8 Å². The lowest BCUT2D eigenvalue weighted by atomic mass is 9.85. The molecular weight excluding hydrogens is 354 g/mol. The van der Waals surface area contributed by atoms with Crippen molar-refractivity contribution in [3.8, 4) is 17.2 Å². The lowest BCUT2D eigenvalue weighted by Crippen LogP contribution is -2.35. The Labute approximate surface area is 163 Å². The highest BCUT2D eigenvalue weighted by atomic mass is 16.5. The van der Waals surface area contributed by atoms with Crippen LogP contribution < -0.4 is 14.2 Å². The number of nitrogens with zero attached hydrogens (tertiary/aromatic N) is 1. The molecule has 1 saturated heterocycles. The van der Waals surface area contributed by atoms with Gasteiger partial charge in [0.05, 0.1) is 14.2 Å². The van der Waals surface area contributed by atoms with E-state index >= 15 is 0 Å². The summed E-state index contributed by atoms with van der Waals surface area (Å²) >= 11 is 0. The molecule has 5 nitrogen and oxygen atoms in total. The highest BCUT2D eigenvalue weighted by molar-refractivity contribution is 6.12. The molecule has 0 radical (unpaired) electrons. The van der Waals surface area contributed by atoms with Gasteiger partial charge in [0.2, 0.25) is 0 Å². The minimum Gasteiger partial charge on any atom is -0.493 e. The number of carbonyl (C=O) groups is 1. The molecule has 2 heterocycles. The summed E-state index contributed by atoms with van der Waals surface area (Å²) in [6, 6.07) is 10.7. The van der Waals surface area contributed by atoms with Crippen molar-refractivity contribution >= 4 is 28.0 Å². The Bertz CT molecular complexity index is 1090. The maximum Gasteiger partial charge on any atom is 0.298 e. The van der Waals surface area contributed by atoms with Crippen LogP contribution in [0.15, 0.2) is 30.3 Å². The third kappa shape index (κ3) is 2.53. The maximum absolute atomic E-state index is 10.9. The molecule has 3 aromatic carbocycles. The van der Waals surface area contributed by atoms with Crippen LogP contribution in [0.1, 0.15) is 24.0 Å². The summed E-state index contributed by atoms with van der Waals surface area (Å²) in [6.45, 7) is 2.61. The first-order valence-corrected chi connectivity index (χ1v) is 9.71. The molecule has 0 spiro atoms. The number of benzene rings is 3. The monoisotopic (exact) mass is 377 g/mol. The molecule has 0 amide bonds. The SMILES string of the molecule is COc1cc2c3c(c4ccc(OC=O)cc4c2cc1OC)CC1CCCN1C3. The van der Waals surface area contributed by atoms with Gasteiger partial charge in [-0.3, -0.25) is 9.69 Å². The van der Waals surface area contributed by atoms with Crippen LogP contribution in [0.2, 0.25) is 0 Å². The molecule has 0 bridgehead atoms. The van der Waals surface area contributed by atoms with Gasteiger partial charge in [-0.2, -0.15) is 0 Å². The fourth-order valence-electron chi connectivity index (χ4n) is 5.00. The zero-order valence-electron chi connectivity index (χ0n) is 16.2. The Balaban J connectivity index is 1.86. The minimum atomic E-state index is 0.474. The fraction of sp³-hybridized carbons (Fsp3) is 0.348. The predicted octanol–water partition coefficient (Wildman–Crippen LogP) is 4.07. The first-order chi connectivity index (χ1) is 13.7. The number of fused-ring (bicyclic) bond motifs is 7. The van der Waals surface area contributed by atoms with Crippen molar-refractivity contribution in [2.75, 3.05) is 20.8 Å². The zero-order valence-corrected chi connectivity index (χ0v) is 16.2. The topological polar surface area (TPSA) is 48.0 Å². The molecule has 5 rings (SSSR count). The summed E-state index contributed by atoms with van der Waals surface area (Å²) < 4.78 is 16.3. The Morgan fingerprint density at radius 1 is 0.964 bits per heavy atom. The van der Waals surface area contributed by atoms with E-state index in [1.165, 1.54) is 41.3 Å². The summed E-state index contributed by atoms with van der Waals surface area (Å²) in [6.07, 6.45) is 3.59. The Hall–Kier alpha value is -2.79. The number of hydrogen-bond donors (Lipinski definition) is 0. The molecule has 0 aliphatic carbocycles. The van der Waals surface area contributed by atoms with E-state index in [1.807, 2.05) is 18.2 Å². The second kappa shape index (κ2) is 6.67. The van der Waals surface area contributed by atoms with Crippen molar-refractivity contribution in [1.82, 2.24) is 4.90 Å². The standard InChI is InChI=1S/C23H23NO4/c1-26-22-10-19-18-9-15(28-13-25)5-6-16(18)17-8-14-4-3-7-24(14)12-21(17)20(19)11-23(22)27-2/h5-6,9-11,13-14H,3-4,7-8,12H2,1-2H3. The Kier molecular flexibility index (Phi) is 4.13. The van der Waals surface area contributed by atoms with Gasteiger partial charge in [0.15, 0.2) is 11.5 Å². The van der Waals surface area contributed by atoms with E-state index in [-0.39, 0.29) is 0 Å². The van der Waals surface area contributed by atoms with Crippen molar-refractivity contribution in [3.05, 3.63) is 41.5 Å². The summed E-state index contributed by atoms with van der Waals surface area (Å²) in [5.74, 6) is 1.99. The van der Waals surface area contributed by atoms with Gasteiger partial charge >= 0.3 is 0 Å². The molecule has 3 aromatic rings. The first-order valence-electron chi connectivity index (χ1n) is 9.71. The van der Waals surface area contributed by atoms with Crippen LogP contribution in [-0.2, 0) is 17.8 Å². The van der Waals surface area contributed by atoms with E-state index < -0.39 is 0 Å². The van der Waals surface area contributed by atoms with Crippen molar-refractivity contribution in [3.63, 3.8) is 0 Å². The van der Waals surface area contributed by atoms with Crippen LogP contribution in [-0.4, -0.2) is 38.2 Å². The van der Waals surface area contributed by atoms with E-state index in [0.29, 0.717) is 24.0 Å². The quantitative estimate of drug-likeness (QED) is 0.507. The Morgan fingerprint density at radius 3 is 2.46 bits per heavy atom. The minimum absolute atomic E-state index is 0.474. The molecule has 144 valence electrons. The van der Waals surface area contributed by atoms with E-state index in [2.05, 4.69) is 17.0 Å². The van der Waals surface area contributed by atoms with Crippen LogP contribution in [0.3, 0.4) is 0 Å². The highest BCUT2D eigenvalue weighted by Gasteiger charge is 2.32. The first kappa shape index (κ1) is 17.3. The number of ether oxygens (including phenoxy) is 3. The summed E-state index contributed by atoms with van der Waals surface area (Å²) in [5.41, 5.74) is 2.79. The molecule has 0 saturated carbocycles. The van der Waals surface area contributed by atoms with Gasteiger partial charge in [-0.25, -0.2) is 0 Å². The van der Waals surface area contributed by atoms with Crippen LogP contribution in [0, 0.1) is 0 Å². The van der Waals surface area contributed by atoms with Crippen LogP contribution in [0.4, 0.5) is 0 Å². The maximum atomic E-state index is 10.9. The molecular formula is C23H23NO4. The molecule has 0 aromatic heterocycles. The molecule has 0 N–H and O–H groups in total. The summed E-state index contributed by atoms with van der Waals surface area (Å²) in [7, 11) is 3.32. The lowest BCUT2D eigenvalue weighted by Gasteiger charge is -2.33. The second-order valence-electron chi connectivity index (χ2n) is 7.60. The number of methoxy groups -OCH3 is 2. The fourth-order valence-corrected chi connectivity index (χ4v) is 5.00. The average molecular weight is 377 g/mol. The van der Waals surface area contributed by atoms with Crippen molar-refractivity contribution in [1.29, 1.82) is 0 Å². The van der Waals surface area contributed by atoms with Gasteiger partial charge in [-0.15, -0.1) is 0 Å². The highest BCUT2D eigenvalue weighted by Crippen LogP contribution is 2.44. The van der Waals surface area contributed by atoms with Gasteiger partial charge in [-0.1, -0.05) is 6.07 Å². The van der Waals surface area contributed by atoms with Crippen molar-refractivity contribution in [2.24, 2.45) is 0 Å². The van der Waals surface area contributed by atoms with Gasteiger partial charge in [0.1, 0.15) is 5.75 Å². The average Bonchev–Trinajstić information content (AvgIpc) is 3.19. The lowest BCUT2D eigenvalue weighted by molar-refractivity contribution is -0.120. The molecule has 1 atom stereocenters. The predicted molar refractivity (Wildman–Crippen MR) is 108 cm³/mol. The third-order valence-corrected chi connectivity index (χ3v) is 6.30. The largest absolute Gasteiger partial charge is 0.493 e. The summed E-state index contributed by atoms with van der Waals surface area (Å²) in [5, 5.41) is 4.61. The molecule has 28 heavy (non-hydrogen) atoms. The molecule has 1 fully saturated rings. The van der Waals surface area contributed by atoms with Crippen LogP contribution in [0.5, 0.6) is 17.2 Å². The number of hydrogen-bond acceptors (Lipinski definition) is 5. The van der Waals surface area contributed by atoms with E-state index in [1.54, 1.807) is 14.2 Å². The van der Waals surface area contributed by atoms with E-state index in [9.17, 15) is 4.79 Å². The third-order valence-electron chi connectivity index (χ3n) is 6.30. The summed E-state index contributed by atoms with van der Waals surface area (Å²) in [4.78, 5) is 13.5. The van der Waals surface area contributed by atoms with Crippen LogP contribution in [0.25, 0.3) is 21.5 Å². The number of rotatable bonds is 4. The van der Waals surface area contributed by atoms with E-state index in [0.717, 1.165) is 29.5 Å². The Morgan fingerprint density at radius 2 is 1.71 bits per heavy atom. The zero-order chi connectivity index (χ0) is 19.3. The second-order valence-corrected chi connectivity index (χ2v) is 7.60. The van der Waals surface area contributed by atoms with Gasteiger partial charge < -0.3 is 14.2 Å². The van der Waals surface area contributed by atoms with Gasteiger partial charge in [0.25, 0.3) is 6.47 Å². The normalized spacial score (nSPS) is 18.7. The number of carbonyl (C=O) groups excluding carboxylic acids is 1. The molecule has 5 heteroatoms. The molecule has 2 aliphatic rings. The smallest absolute Gasteiger partial charge is 0.298 e. The molecule has 2 aliphatic heterocycles. The van der Waals surface area contributed by atoms with Gasteiger partial charge in [0, 0.05) is 12.6 Å². The van der Waals surface area contributed by atoms with Gasteiger partial charge in [-0.05, 0) is 82.7 Å².